The molecule has 0 bridgehead atoms. The van der Waals surface area contributed by atoms with Gasteiger partial charge in [-0.15, -0.1) is 0 Å². The van der Waals surface area contributed by atoms with Crippen LogP contribution >= 0.6 is 0 Å². The number of aromatic hydroxyl groups is 1. The van der Waals surface area contributed by atoms with Gasteiger partial charge in [0.05, 0.1) is 11.9 Å². The number of carbonyl (C=O) groups excluding carboxylic acids is 3. The van der Waals surface area contributed by atoms with Crippen LogP contribution in [0.5, 0.6) is 5.75 Å². The third-order valence-electron chi connectivity index (χ3n) is 4.23. The van der Waals surface area contributed by atoms with Gasteiger partial charge in [-0.05, 0) is 42.0 Å². The van der Waals surface area contributed by atoms with Crippen LogP contribution in [-0.4, -0.2) is 27.1 Å². The summed E-state index contributed by atoms with van der Waals surface area (Å²) in [6, 6.07) is 13.8. The molecule has 0 fully saturated rings. The molecule has 1 N–H and O–H groups in total. The highest BCUT2D eigenvalue weighted by Crippen LogP contribution is 2.22. The highest BCUT2D eigenvalue weighted by Gasteiger charge is 2.09. The van der Waals surface area contributed by atoms with Gasteiger partial charge in [0, 0.05) is 24.1 Å². The fraction of sp³-hybridized carbons (Fsp3) is 0.0870. The fourth-order valence-corrected chi connectivity index (χ4v) is 2.85. The number of phenols is 1. The van der Waals surface area contributed by atoms with Gasteiger partial charge in [0.15, 0.2) is 11.6 Å². The van der Waals surface area contributed by atoms with Crippen molar-refractivity contribution in [1.29, 1.82) is 0 Å². The van der Waals surface area contributed by atoms with E-state index in [0.717, 1.165) is 22.0 Å². The van der Waals surface area contributed by atoms with Crippen LogP contribution in [0.25, 0.3) is 23.1 Å². The second-order valence-corrected chi connectivity index (χ2v) is 6.36. The largest absolute Gasteiger partial charge is 0.508 e. The molecular weight excluding hydrogens is 354 g/mol. The molecule has 0 saturated carbocycles. The summed E-state index contributed by atoms with van der Waals surface area (Å²) in [5.41, 5.74) is 2.27. The Morgan fingerprint density at radius 3 is 2.25 bits per heavy atom. The second-order valence-electron chi connectivity index (χ2n) is 6.36. The number of hydrogen-bond donors (Lipinski definition) is 1. The molecule has 5 nitrogen and oxygen atoms in total. The average molecular weight is 373 g/mol. The maximum atomic E-state index is 12.1. The number of benzene rings is 2. The number of para-hydroxylation sites is 1. The molecular formula is C23H19NO4. The Labute approximate surface area is 162 Å². The zero-order valence-corrected chi connectivity index (χ0v) is 15.3. The van der Waals surface area contributed by atoms with E-state index < -0.39 is 0 Å². The molecule has 5 heteroatoms. The van der Waals surface area contributed by atoms with Gasteiger partial charge < -0.3 is 5.11 Å². The molecule has 3 aromatic rings. The van der Waals surface area contributed by atoms with Crippen LogP contribution in [0.2, 0.25) is 0 Å². The van der Waals surface area contributed by atoms with Crippen molar-refractivity contribution in [2.75, 3.05) is 0 Å². The van der Waals surface area contributed by atoms with E-state index in [1.54, 1.807) is 30.5 Å². The van der Waals surface area contributed by atoms with Crippen molar-refractivity contribution < 1.29 is 19.5 Å². The third kappa shape index (κ3) is 4.51. The van der Waals surface area contributed by atoms with Gasteiger partial charge in [-0.25, -0.2) is 0 Å². The van der Waals surface area contributed by atoms with E-state index in [-0.39, 0.29) is 29.6 Å². The molecule has 1 heterocycles. The van der Waals surface area contributed by atoms with Gasteiger partial charge in [-0.2, -0.15) is 0 Å². The van der Waals surface area contributed by atoms with Crippen LogP contribution in [-0.2, 0) is 9.59 Å². The normalized spacial score (nSPS) is 11.5. The van der Waals surface area contributed by atoms with Gasteiger partial charge in [-0.3, -0.25) is 19.0 Å². The second kappa shape index (κ2) is 8.31. The van der Waals surface area contributed by atoms with Gasteiger partial charge in [0.2, 0.25) is 5.91 Å². The van der Waals surface area contributed by atoms with Crippen LogP contribution in [0, 0.1) is 0 Å². The van der Waals surface area contributed by atoms with E-state index in [1.807, 2.05) is 24.3 Å². The quantitative estimate of drug-likeness (QED) is 0.517. The summed E-state index contributed by atoms with van der Waals surface area (Å²) in [7, 11) is 0. The molecule has 3 rings (SSSR count). The summed E-state index contributed by atoms with van der Waals surface area (Å²) in [4.78, 5) is 35.9. The van der Waals surface area contributed by atoms with Gasteiger partial charge in [0.25, 0.3) is 0 Å². The number of nitrogens with zero attached hydrogens (tertiary/aromatic N) is 1. The third-order valence-corrected chi connectivity index (χ3v) is 4.23. The number of carbonyl (C=O) groups is 3. The molecule has 0 spiro atoms. The van der Waals surface area contributed by atoms with Crippen LogP contribution in [0.4, 0.5) is 0 Å². The first kappa shape index (κ1) is 19.0. The Kier molecular flexibility index (Phi) is 5.65. The molecule has 0 aliphatic carbocycles. The lowest BCUT2D eigenvalue weighted by Crippen LogP contribution is -2.02. The number of phenolic OH excluding ortho intramolecular Hbond substituents is 1. The van der Waals surface area contributed by atoms with Crippen molar-refractivity contribution in [2.45, 2.75) is 13.3 Å². The van der Waals surface area contributed by atoms with E-state index in [0.29, 0.717) is 0 Å². The van der Waals surface area contributed by atoms with E-state index in [2.05, 4.69) is 0 Å². The highest BCUT2D eigenvalue weighted by atomic mass is 16.3. The van der Waals surface area contributed by atoms with Gasteiger partial charge >= 0.3 is 0 Å². The van der Waals surface area contributed by atoms with E-state index >= 15 is 0 Å². The Balaban J connectivity index is 1.68. The molecule has 0 radical (unpaired) electrons. The molecule has 0 aliphatic heterocycles. The summed E-state index contributed by atoms with van der Waals surface area (Å²) in [6.07, 6.45) is 7.37. The van der Waals surface area contributed by atoms with E-state index in [9.17, 15) is 19.5 Å². The number of ketones is 2. The SMILES string of the molecule is CC(=O)n1cc(C=CC(=O)CC(=O)C=Cc2ccc(O)cc2)c2ccccc21. The summed E-state index contributed by atoms with van der Waals surface area (Å²) in [5, 5.41) is 10.1. The lowest BCUT2D eigenvalue weighted by atomic mass is 10.1. The minimum atomic E-state index is -0.319. The Morgan fingerprint density at radius 2 is 1.57 bits per heavy atom. The lowest BCUT2D eigenvalue weighted by Gasteiger charge is -1.96. The van der Waals surface area contributed by atoms with Crippen molar-refractivity contribution in [2.24, 2.45) is 0 Å². The predicted molar refractivity (Wildman–Crippen MR) is 109 cm³/mol. The first-order chi connectivity index (χ1) is 13.4. The monoisotopic (exact) mass is 373 g/mol. The molecule has 0 amide bonds. The summed E-state index contributed by atoms with van der Waals surface area (Å²) >= 11 is 0. The zero-order valence-electron chi connectivity index (χ0n) is 15.3. The number of aromatic nitrogens is 1. The first-order valence-electron chi connectivity index (χ1n) is 8.76. The molecule has 2 aromatic carbocycles. The van der Waals surface area contributed by atoms with Crippen LogP contribution in [0.3, 0.4) is 0 Å². The van der Waals surface area contributed by atoms with Crippen molar-refractivity contribution >= 4 is 40.5 Å². The topological polar surface area (TPSA) is 76.4 Å². The van der Waals surface area contributed by atoms with Crippen LogP contribution in [0.15, 0.2) is 66.9 Å². The van der Waals surface area contributed by atoms with Crippen molar-refractivity contribution in [1.82, 2.24) is 4.57 Å². The Bertz CT molecular complexity index is 1100. The first-order valence-corrected chi connectivity index (χ1v) is 8.76. The minimum Gasteiger partial charge on any atom is -0.508 e. The number of rotatable bonds is 6. The standard InChI is InChI=1S/C23H19NO4/c1-16(25)24-15-18(22-4-2-3-5-23(22)24)9-13-21(28)14-20(27)12-8-17-6-10-19(26)11-7-17/h2-13,15,26H,14H2,1H3. The predicted octanol–water partition coefficient (Wildman–Crippen LogP) is 4.26. The molecule has 0 unspecified atom stereocenters. The van der Waals surface area contributed by atoms with Crippen molar-refractivity contribution in [3.8, 4) is 5.75 Å². The number of fused-ring (bicyclic) bond motifs is 1. The summed E-state index contributed by atoms with van der Waals surface area (Å²) in [6.45, 7) is 1.48. The fourth-order valence-electron chi connectivity index (χ4n) is 2.85. The molecule has 0 aliphatic rings. The van der Waals surface area contributed by atoms with Gasteiger partial charge in [-0.1, -0.05) is 36.4 Å². The van der Waals surface area contributed by atoms with Crippen molar-refractivity contribution in [3.05, 3.63) is 78.0 Å². The summed E-state index contributed by atoms with van der Waals surface area (Å²) < 4.78 is 1.53. The number of hydrogen-bond acceptors (Lipinski definition) is 4. The smallest absolute Gasteiger partial charge is 0.227 e. The zero-order chi connectivity index (χ0) is 20.1. The minimum absolute atomic E-state index is 0.114. The molecule has 0 saturated heterocycles. The Hall–Kier alpha value is -3.73. The summed E-state index contributed by atoms with van der Waals surface area (Å²) in [5.74, 6) is -0.597. The average Bonchev–Trinajstić information content (AvgIpc) is 3.05. The van der Waals surface area contributed by atoms with E-state index in [1.165, 1.54) is 35.8 Å². The van der Waals surface area contributed by atoms with Crippen LogP contribution < -0.4 is 0 Å². The van der Waals surface area contributed by atoms with Crippen molar-refractivity contribution in [3.63, 3.8) is 0 Å². The van der Waals surface area contributed by atoms with Gasteiger partial charge in [0.1, 0.15) is 5.75 Å². The molecule has 1 aromatic heterocycles. The molecule has 0 atom stereocenters. The maximum Gasteiger partial charge on any atom is 0.227 e. The maximum absolute atomic E-state index is 12.1. The lowest BCUT2D eigenvalue weighted by molar-refractivity contribution is -0.121. The molecule has 140 valence electrons. The van der Waals surface area contributed by atoms with E-state index in [4.69, 9.17) is 0 Å². The molecule has 28 heavy (non-hydrogen) atoms. The highest BCUT2D eigenvalue weighted by molar-refractivity contribution is 6.11. The number of allylic oxidation sites excluding steroid dienone is 2. The van der Waals surface area contributed by atoms with Crippen LogP contribution in [0.1, 0.15) is 29.3 Å². The Morgan fingerprint density at radius 1 is 0.929 bits per heavy atom.